The van der Waals surface area contributed by atoms with E-state index in [4.69, 9.17) is 11.0 Å². The molecule has 2 nitrogen and oxygen atoms in total. The second-order valence-corrected chi connectivity index (χ2v) is 8.70. The van der Waals surface area contributed by atoms with Crippen LogP contribution in [0, 0.1) is 11.2 Å². The normalized spacial score (nSPS) is 10.4. The molecule has 2 N–H and O–H groups in total. The molecule has 0 aliphatic rings. The van der Waals surface area contributed by atoms with Crippen molar-refractivity contribution in [3.8, 4) is 5.97 Å². The molecule has 0 rings (SSSR count). The van der Waals surface area contributed by atoms with Crippen LogP contribution in [-0.4, -0.2) is 9.90 Å². The van der Waals surface area contributed by atoms with Crippen LogP contribution < -0.4 is 5.73 Å². The first-order valence-corrected chi connectivity index (χ1v) is 9.13. The minimum Gasteiger partial charge on any atom is -0.326 e. The molecule has 0 unspecified atom stereocenters. The van der Waals surface area contributed by atoms with Gasteiger partial charge in [-0.2, -0.15) is 0 Å². The maximum atomic E-state index is 7.80. The SMILES string of the molecule is CCCCCCCCCCC(C)(C)N.N#CB(Br)Br. The molecule has 5 heteroatoms. The number of hydrogen-bond acceptors (Lipinski definition) is 2. The smallest absolute Gasteiger partial charge is 0.326 e. The fraction of sp³-hybridized carbons (Fsp3) is 0.929. The van der Waals surface area contributed by atoms with Crippen molar-refractivity contribution >= 4 is 35.9 Å². The molecular formula is C14H29BBr2N2. The summed E-state index contributed by atoms with van der Waals surface area (Å²) in [7, 11) is 0. The molecule has 0 aromatic heterocycles. The summed E-state index contributed by atoms with van der Waals surface area (Å²) >= 11 is 5.86. The summed E-state index contributed by atoms with van der Waals surface area (Å²) in [5.74, 6) is 1.86. The number of unbranched alkanes of at least 4 members (excludes halogenated alkanes) is 7. The summed E-state index contributed by atoms with van der Waals surface area (Å²) in [5.41, 5.74) is 5.96. The van der Waals surface area contributed by atoms with Gasteiger partial charge >= 0.3 is 4.36 Å². The number of nitriles is 1. The molecular weight excluding hydrogens is 367 g/mol. The highest BCUT2D eigenvalue weighted by molar-refractivity contribution is 9.49. The van der Waals surface area contributed by atoms with Gasteiger partial charge in [0.15, 0.2) is 0 Å². The van der Waals surface area contributed by atoms with Crippen LogP contribution in [0.2, 0.25) is 0 Å². The van der Waals surface area contributed by atoms with Crippen molar-refractivity contribution in [2.24, 2.45) is 5.73 Å². The molecule has 0 amide bonds. The molecule has 0 atom stereocenters. The monoisotopic (exact) mass is 394 g/mol. The average molecular weight is 396 g/mol. The minimum atomic E-state index is -0.185. The van der Waals surface area contributed by atoms with Crippen molar-refractivity contribution in [2.75, 3.05) is 0 Å². The third-order valence-electron chi connectivity index (χ3n) is 2.77. The van der Waals surface area contributed by atoms with E-state index in [1.807, 2.05) is 5.97 Å². The molecule has 0 fully saturated rings. The lowest BCUT2D eigenvalue weighted by Gasteiger charge is -2.17. The summed E-state index contributed by atoms with van der Waals surface area (Å²) in [6.45, 7) is 6.51. The van der Waals surface area contributed by atoms with Crippen molar-refractivity contribution in [1.29, 1.82) is 5.26 Å². The van der Waals surface area contributed by atoms with E-state index in [-0.39, 0.29) is 9.90 Å². The lowest BCUT2D eigenvalue weighted by molar-refractivity contribution is 0.440. The molecule has 0 saturated heterocycles. The number of hydrogen-bond donors (Lipinski definition) is 1. The van der Waals surface area contributed by atoms with Gasteiger partial charge in [-0.05, 0) is 20.3 Å². The maximum Gasteiger partial charge on any atom is 0.413 e. The molecule has 0 spiro atoms. The zero-order valence-corrected chi connectivity index (χ0v) is 15.9. The first kappa shape index (κ1) is 21.8. The molecule has 0 aromatic rings. The van der Waals surface area contributed by atoms with Gasteiger partial charge in [-0.15, -0.1) is 31.5 Å². The number of rotatable bonds is 9. The fourth-order valence-corrected chi connectivity index (χ4v) is 1.71. The number of nitrogens with zero attached hydrogens (tertiary/aromatic N) is 1. The second-order valence-electron chi connectivity index (χ2n) is 5.64. The van der Waals surface area contributed by atoms with Gasteiger partial charge in [0.05, 0.1) is 0 Å². The Kier molecular flexibility index (Phi) is 17.0. The van der Waals surface area contributed by atoms with Crippen LogP contribution in [0.25, 0.3) is 0 Å². The highest BCUT2D eigenvalue weighted by Crippen LogP contribution is 2.13. The maximum absolute atomic E-state index is 7.80. The van der Waals surface area contributed by atoms with Crippen molar-refractivity contribution < 1.29 is 0 Å². The Hall–Kier alpha value is 0.475. The van der Waals surface area contributed by atoms with E-state index < -0.39 is 0 Å². The topological polar surface area (TPSA) is 49.8 Å². The summed E-state index contributed by atoms with van der Waals surface area (Å²) < 4.78 is -0.185. The van der Waals surface area contributed by atoms with Crippen LogP contribution in [0.15, 0.2) is 0 Å². The summed E-state index contributed by atoms with van der Waals surface area (Å²) in [5, 5.41) is 7.80. The quantitative estimate of drug-likeness (QED) is 0.409. The second kappa shape index (κ2) is 14.9. The standard InChI is InChI=1S/C13H29N.CBBr2N/c1-4-5-6-7-8-9-10-11-12-13(2,3)14;3-2(4)1-5/h4-12,14H2,1-3H3;. The molecule has 0 saturated carbocycles. The van der Waals surface area contributed by atoms with Crippen LogP contribution in [0.3, 0.4) is 0 Å². The predicted molar refractivity (Wildman–Crippen MR) is 94.7 cm³/mol. The molecule has 0 aliphatic heterocycles. The Bertz CT molecular complexity index is 222. The Morgan fingerprint density at radius 2 is 1.37 bits per heavy atom. The zero-order chi connectivity index (χ0) is 15.1. The van der Waals surface area contributed by atoms with E-state index in [0.717, 1.165) is 0 Å². The Morgan fingerprint density at radius 3 is 1.68 bits per heavy atom. The van der Waals surface area contributed by atoms with Gasteiger partial charge in [0, 0.05) is 11.5 Å². The van der Waals surface area contributed by atoms with Crippen LogP contribution in [0.1, 0.15) is 78.6 Å². The molecule has 0 aliphatic carbocycles. The lowest BCUT2D eigenvalue weighted by atomic mass is 9.97. The Morgan fingerprint density at radius 1 is 1.00 bits per heavy atom. The van der Waals surface area contributed by atoms with Crippen LogP contribution in [-0.2, 0) is 0 Å². The third-order valence-corrected chi connectivity index (χ3v) is 3.18. The lowest BCUT2D eigenvalue weighted by Crippen LogP contribution is -2.31. The van der Waals surface area contributed by atoms with Crippen molar-refractivity contribution in [1.82, 2.24) is 0 Å². The molecule has 0 aromatic carbocycles. The molecule has 112 valence electrons. The van der Waals surface area contributed by atoms with Gasteiger partial charge in [0.1, 0.15) is 0 Å². The molecule has 0 heterocycles. The molecule has 0 bridgehead atoms. The summed E-state index contributed by atoms with van der Waals surface area (Å²) in [4.78, 5) is 0. The van der Waals surface area contributed by atoms with E-state index in [1.165, 1.54) is 57.8 Å². The Labute approximate surface area is 136 Å². The third kappa shape index (κ3) is 27.6. The zero-order valence-electron chi connectivity index (χ0n) is 12.7. The first-order valence-electron chi connectivity index (χ1n) is 7.30. The van der Waals surface area contributed by atoms with E-state index in [9.17, 15) is 0 Å². The predicted octanol–water partition coefficient (Wildman–Crippen LogP) is 5.58. The van der Waals surface area contributed by atoms with Gasteiger partial charge in [0.2, 0.25) is 0 Å². The van der Waals surface area contributed by atoms with Crippen LogP contribution >= 0.6 is 31.5 Å². The van der Waals surface area contributed by atoms with E-state index >= 15 is 0 Å². The van der Waals surface area contributed by atoms with Gasteiger partial charge in [-0.3, -0.25) is 0 Å². The van der Waals surface area contributed by atoms with Gasteiger partial charge in [-0.1, -0.05) is 58.3 Å². The van der Waals surface area contributed by atoms with E-state index in [1.54, 1.807) is 0 Å². The number of nitrogens with two attached hydrogens (primary N) is 1. The summed E-state index contributed by atoms with van der Waals surface area (Å²) in [6, 6.07) is 0. The number of halogens is 2. The molecule has 0 radical (unpaired) electrons. The van der Waals surface area contributed by atoms with Gasteiger partial charge < -0.3 is 5.73 Å². The van der Waals surface area contributed by atoms with Crippen LogP contribution in [0.4, 0.5) is 0 Å². The van der Waals surface area contributed by atoms with Crippen molar-refractivity contribution in [2.45, 2.75) is 84.1 Å². The Balaban J connectivity index is 0. The summed E-state index contributed by atoms with van der Waals surface area (Å²) in [6.07, 6.45) is 12.3. The van der Waals surface area contributed by atoms with Gasteiger partial charge in [-0.25, -0.2) is 5.26 Å². The van der Waals surface area contributed by atoms with Crippen molar-refractivity contribution in [3.63, 3.8) is 0 Å². The van der Waals surface area contributed by atoms with E-state index in [0.29, 0.717) is 0 Å². The van der Waals surface area contributed by atoms with Crippen molar-refractivity contribution in [3.05, 3.63) is 0 Å². The highest BCUT2D eigenvalue weighted by Gasteiger charge is 2.08. The van der Waals surface area contributed by atoms with E-state index in [2.05, 4.69) is 52.3 Å². The minimum absolute atomic E-state index is 0.0439. The first-order chi connectivity index (χ1) is 8.83. The highest BCUT2D eigenvalue weighted by atomic mass is 79.9. The average Bonchev–Trinajstić information content (AvgIpc) is 2.32. The fourth-order valence-electron chi connectivity index (χ4n) is 1.71. The van der Waals surface area contributed by atoms with Crippen LogP contribution in [0.5, 0.6) is 0 Å². The molecule has 19 heavy (non-hydrogen) atoms. The van der Waals surface area contributed by atoms with Gasteiger partial charge in [0.25, 0.3) is 0 Å². The largest absolute Gasteiger partial charge is 0.413 e.